The lowest BCUT2D eigenvalue weighted by molar-refractivity contribution is -0.119. The SMILES string of the molecule is CCCNN1CC2=C(c3cccnc31)N(C)CC(=O)C2. The van der Waals surface area contributed by atoms with Gasteiger partial charge in [0.1, 0.15) is 0 Å². The number of Topliss-reactive ketones (excluding diaryl/α,β-unsaturated/α-hetero) is 1. The third kappa shape index (κ3) is 2.18. The predicted octanol–water partition coefficient (Wildman–Crippen LogP) is 1.43. The number of hydrogen-bond acceptors (Lipinski definition) is 5. The standard InChI is InChI=1S/C15H20N4O/c1-3-6-17-19-9-11-8-12(20)10-18(2)14(11)13-5-4-7-16-15(13)19/h4-5,7,17H,3,6,8-10H2,1-2H3. The molecule has 0 spiro atoms. The van der Waals surface area contributed by atoms with E-state index in [-0.39, 0.29) is 5.78 Å². The van der Waals surface area contributed by atoms with Gasteiger partial charge in [0.15, 0.2) is 11.6 Å². The molecule has 2 aliphatic rings. The zero-order valence-electron chi connectivity index (χ0n) is 12.0. The predicted molar refractivity (Wildman–Crippen MR) is 79.1 cm³/mol. The lowest BCUT2D eigenvalue weighted by atomic mass is 9.94. The molecule has 20 heavy (non-hydrogen) atoms. The highest BCUT2D eigenvalue weighted by Crippen LogP contribution is 2.37. The van der Waals surface area contributed by atoms with Crippen LogP contribution in [0.1, 0.15) is 25.3 Å². The van der Waals surface area contributed by atoms with Crippen LogP contribution < -0.4 is 10.4 Å². The number of carbonyl (C=O) groups is 1. The topological polar surface area (TPSA) is 48.5 Å². The van der Waals surface area contributed by atoms with E-state index < -0.39 is 0 Å². The van der Waals surface area contributed by atoms with Crippen molar-refractivity contribution < 1.29 is 4.79 Å². The van der Waals surface area contributed by atoms with Crippen LogP contribution in [0.25, 0.3) is 5.70 Å². The molecule has 0 saturated heterocycles. The van der Waals surface area contributed by atoms with Gasteiger partial charge in [-0.25, -0.2) is 10.4 Å². The largest absolute Gasteiger partial charge is 0.367 e. The average molecular weight is 272 g/mol. The first kappa shape index (κ1) is 13.1. The number of fused-ring (bicyclic) bond motifs is 2. The van der Waals surface area contributed by atoms with Crippen LogP contribution in [0, 0.1) is 0 Å². The Hall–Kier alpha value is -1.88. The second kappa shape index (κ2) is 5.25. The molecule has 5 nitrogen and oxygen atoms in total. The molecule has 0 aromatic carbocycles. The summed E-state index contributed by atoms with van der Waals surface area (Å²) in [5.41, 5.74) is 6.89. The molecular formula is C15H20N4O. The quantitative estimate of drug-likeness (QED) is 0.902. The molecule has 0 aliphatic carbocycles. The average Bonchev–Trinajstić information content (AvgIpc) is 2.43. The van der Waals surface area contributed by atoms with Crippen LogP contribution in [0.15, 0.2) is 23.9 Å². The minimum absolute atomic E-state index is 0.286. The number of aromatic nitrogens is 1. The number of nitrogens with one attached hydrogen (secondary N) is 1. The number of carbonyl (C=O) groups excluding carboxylic acids is 1. The van der Waals surface area contributed by atoms with Gasteiger partial charge in [0, 0.05) is 37.5 Å². The second-order valence-electron chi connectivity index (χ2n) is 5.39. The van der Waals surface area contributed by atoms with Crippen molar-refractivity contribution in [2.45, 2.75) is 19.8 Å². The van der Waals surface area contributed by atoms with E-state index >= 15 is 0 Å². The van der Waals surface area contributed by atoms with Crippen molar-refractivity contribution in [2.24, 2.45) is 0 Å². The molecular weight excluding hydrogens is 252 g/mol. The maximum absolute atomic E-state index is 11.8. The van der Waals surface area contributed by atoms with Crippen LogP contribution in [0.4, 0.5) is 5.82 Å². The summed E-state index contributed by atoms with van der Waals surface area (Å²) >= 11 is 0. The molecule has 0 amide bonds. The zero-order chi connectivity index (χ0) is 14.1. The van der Waals surface area contributed by atoms with Gasteiger partial charge in [-0.05, 0) is 24.1 Å². The van der Waals surface area contributed by atoms with Crippen molar-refractivity contribution >= 4 is 17.3 Å². The van der Waals surface area contributed by atoms with Crippen molar-refractivity contribution in [3.05, 3.63) is 29.5 Å². The van der Waals surface area contributed by atoms with Crippen LogP contribution in [0.2, 0.25) is 0 Å². The highest BCUT2D eigenvalue weighted by molar-refractivity contribution is 5.92. The first-order valence-electron chi connectivity index (χ1n) is 7.12. The Morgan fingerprint density at radius 1 is 1.40 bits per heavy atom. The summed E-state index contributed by atoms with van der Waals surface area (Å²) < 4.78 is 0. The van der Waals surface area contributed by atoms with E-state index in [1.807, 2.05) is 19.3 Å². The van der Waals surface area contributed by atoms with E-state index in [9.17, 15) is 4.79 Å². The van der Waals surface area contributed by atoms with E-state index in [4.69, 9.17) is 0 Å². The highest BCUT2D eigenvalue weighted by Gasteiger charge is 2.31. The highest BCUT2D eigenvalue weighted by atomic mass is 16.1. The number of nitrogens with zero attached hydrogens (tertiary/aromatic N) is 3. The van der Waals surface area contributed by atoms with Gasteiger partial charge in [-0.3, -0.25) is 9.80 Å². The van der Waals surface area contributed by atoms with Gasteiger partial charge in [0.05, 0.1) is 13.1 Å². The fourth-order valence-electron chi connectivity index (χ4n) is 2.96. The number of ketones is 1. The number of rotatable bonds is 3. The summed E-state index contributed by atoms with van der Waals surface area (Å²) in [5, 5.41) is 2.07. The molecule has 3 rings (SSSR count). The van der Waals surface area contributed by atoms with Crippen molar-refractivity contribution in [2.75, 3.05) is 31.7 Å². The van der Waals surface area contributed by atoms with Crippen LogP contribution in [0.5, 0.6) is 0 Å². The van der Waals surface area contributed by atoms with Crippen LogP contribution in [0.3, 0.4) is 0 Å². The van der Waals surface area contributed by atoms with E-state index in [0.29, 0.717) is 13.0 Å². The molecule has 3 heterocycles. The summed E-state index contributed by atoms with van der Waals surface area (Å²) in [7, 11) is 1.98. The maximum Gasteiger partial charge on any atom is 0.156 e. The first-order valence-corrected chi connectivity index (χ1v) is 7.12. The smallest absolute Gasteiger partial charge is 0.156 e. The molecule has 2 aliphatic heterocycles. The Kier molecular flexibility index (Phi) is 3.44. The summed E-state index contributed by atoms with van der Waals surface area (Å²) in [5.74, 6) is 1.25. The molecule has 1 aromatic rings. The van der Waals surface area contributed by atoms with Crippen molar-refractivity contribution in [3.8, 4) is 0 Å². The minimum Gasteiger partial charge on any atom is -0.367 e. The Morgan fingerprint density at radius 3 is 3.05 bits per heavy atom. The molecule has 0 fully saturated rings. The monoisotopic (exact) mass is 272 g/mol. The van der Waals surface area contributed by atoms with Crippen molar-refractivity contribution in [3.63, 3.8) is 0 Å². The van der Waals surface area contributed by atoms with Crippen molar-refractivity contribution in [1.29, 1.82) is 0 Å². The second-order valence-corrected chi connectivity index (χ2v) is 5.39. The summed E-state index contributed by atoms with van der Waals surface area (Å²) in [6.07, 6.45) is 3.43. The summed E-state index contributed by atoms with van der Waals surface area (Å²) in [6, 6.07) is 4.04. The maximum atomic E-state index is 11.8. The summed E-state index contributed by atoms with van der Waals surface area (Å²) in [6.45, 7) is 4.27. The lowest BCUT2D eigenvalue weighted by Gasteiger charge is -2.39. The minimum atomic E-state index is 0.286. The fourth-order valence-corrected chi connectivity index (χ4v) is 2.96. The Labute approximate surface area is 119 Å². The van der Waals surface area contributed by atoms with E-state index in [2.05, 4.69) is 33.3 Å². The third-order valence-electron chi connectivity index (χ3n) is 3.74. The van der Waals surface area contributed by atoms with Gasteiger partial charge in [-0.1, -0.05) is 6.92 Å². The van der Waals surface area contributed by atoms with Crippen LogP contribution >= 0.6 is 0 Å². The Balaban J connectivity index is 2.03. The molecule has 0 atom stereocenters. The number of hydrogen-bond donors (Lipinski definition) is 1. The van der Waals surface area contributed by atoms with E-state index in [0.717, 1.165) is 30.9 Å². The van der Waals surface area contributed by atoms with Gasteiger partial charge >= 0.3 is 0 Å². The molecule has 106 valence electrons. The summed E-state index contributed by atoms with van der Waals surface area (Å²) in [4.78, 5) is 18.4. The molecule has 5 heteroatoms. The zero-order valence-corrected chi connectivity index (χ0v) is 12.0. The third-order valence-corrected chi connectivity index (χ3v) is 3.74. The van der Waals surface area contributed by atoms with E-state index in [1.54, 1.807) is 0 Å². The first-order chi connectivity index (χ1) is 9.70. The fraction of sp³-hybridized carbons (Fsp3) is 0.467. The number of hydrazine groups is 1. The molecule has 1 N–H and O–H groups in total. The molecule has 0 saturated carbocycles. The lowest BCUT2D eigenvalue weighted by Crippen LogP contribution is -2.46. The van der Waals surface area contributed by atoms with Gasteiger partial charge < -0.3 is 4.90 Å². The Morgan fingerprint density at radius 2 is 2.25 bits per heavy atom. The van der Waals surface area contributed by atoms with Gasteiger partial charge in [0.2, 0.25) is 0 Å². The van der Waals surface area contributed by atoms with Gasteiger partial charge in [0.25, 0.3) is 0 Å². The van der Waals surface area contributed by atoms with Gasteiger partial charge in [-0.15, -0.1) is 0 Å². The number of anilines is 1. The molecule has 1 aromatic heterocycles. The van der Waals surface area contributed by atoms with Crippen LogP contribution in [-0.4, -0.2) is 42.3 Å². The number of pyridine rings is 1. The van der Waals surface area contributed by atoms with E-state index in [1.165, 1.54) is 11.3 Å². The van der Waals surface area contributed by atoms with Crippen molar-refractivity contribution in [1.82, 2.24) is 15.3 Å². The van der Waals surface area contributed by atoms with Gasteiger partial charge in [-0.2, -0.15) is 0 Å². The Bertz CT molecular complexity index is 567. The van der Waals surface area contributed by atoms with Crippen LogP contribution in [-0.2, 0) is 4.79 Å². The number of likely N-dealkylation sites (N-methyl/N-ethyl adjacent to an activating group) is 1. The molecule has 0 unspecified atom stereocenters. The molecule has 0 bridgehead atoms. The molecule has 0 radical (unpaired) electrons. The normalized spacial score (nSPS) is 18.2.